The van der Waals surface area contributed by atoms with Gasteiger partial charge in [0.15, 0.2) is 0 Å². The van der Waals surface area contributed by atoms with E-state index in [9.17, 15) is 14.4 Å². The molecule has 2 unspecified atom stereocenters. The Morgan fingerprint density at radius 3 is 2.15 bits per heavy atom. The van der Waals surface area contributed by atoms with E-state index in [0.29, 0.717) is 37.7 Å². The van der Waals surface area contributed by atoms with E-state index in [-0.39, 0.29) is 31.3 Å². The van der Waals surface area contributed by atoms with Crippen molar-refractivity contribution in [1.82, 2.24) is 19.8 Å². The minimum atomic E-state index is -0.787. The Labute approximate surface area is 274 Å². The topological polar surface area (TPSA) is 135 Å². The van der Waals surface area contributed by atoms with Gasteiger partial charge in [0, 0.05) is 25.2 Å². The van der Waals surface area contributed by atoms with Crippen molar-refractivity contribution < 1.29 is 33.3 Å². The summed E-state index contributed by atoms with van der Waals surface area (Å²) >= 11 is 0. The molecule has 2 aromatic carbocycles. The number of rotatable bonds is 5. The number of fused-ring (bicyclic) bond motifs is 1. The first kappa shape index (κ1) is 32.5. The highest BCUT2D eigenvalue weighted by Crippen LogP contribution is 2.54. The highest BCUT2D eigenvalue weighted by Gasteiger charge is 2.66. The van der Waals surface area contributed by atoms with Crippen molar-refractivity contribution in [3.05, 3.63) is 60.6 Å². The van der Waals surface area contributed by atoms with E-state index >= 15 is 0 Å². The first-order valence-corrected chi connectivity index (χ1v) is 16.0. The zero-order chi connectivity index (χ0) is 33.6. The molecule has 47 heavy (non-hydrogen) atoms. The number of hydrogen-bond donors (Lipinski definition) is 2. The number of amides is 3. The molecule has 12 heteroatoms. The zero-order valence-corrected chi connectivity index (χ0v) is 27.8. The lowest BCUT2D eigenvalue weighted by atomic mass is 10.0. The molecule has 3 heterocycles. The van der Waals surface area contributed by atoms with E-state index in [2.05, 4.69) is 15.3 Å². The Bertz CT molecular complexity index is 1620. The van der Waals surface area contributed by atoms with Crippen LogP contribution in [-0.2, 0) is 29.3 Å². The Kier molecular flexibility index (Phi) is 8.52. The molecule has 1 saturated carbocycles. The van der Waals surface area contributed by atoms with Gasteiger partial charge in [-0.25, -0.2) is 14.6 Å². The monoisotopic (exact) mass is 645 g/mol. The maximum Gasteiger partial charge on any atom is 0.411 e. The minimum Gasteiger partial charge on any atom is -0.444 e. The Morgan fingerprint density at radius 1 is 0.872 bits per heavy atom. The molecular formula is C35H43N5O7. The molecule has 6 rings (SSSR count). The van der Waals surface area contributed by atoms with Crippen molar-refractivity contribution in [2.24, 2.45) is 0 Å². The molecule has 2 N–H and O–H groups in total. The molecule has 0 radical (unpaired) electrons. The van der Waals surface area contributed by atoms with Gasteiger partial charge in [-0.05, 0) is 70.4 Å². The maximum absolute atomic E-state index is 13.1. The summed E-state index contributed by atoms with van der Waals surface area (Å²) in [6.07, 6.45) is 1.45. The zero-order valence-electron chi connectivity index (χ0n) is 27.8. The highest BCUT2D eigenvalue weighted by molar-refractivity contribution is 5.97. The number of ether oxygens (including phenoxy) is 4. The molecule has 2 saturated heterocycles. The largest absolute Gasteiger partial charge is 0.444 e. The van der Waals surface area contributed by atoms with E-state index in [1.165, 1.54) is 4.90 Å². The first-order chi connectivity index (χ1) is 22.2. The molecule has 3 amide bonds. The summed E-state index contributed by atoms with van der Waals surface area (Å²) in [4.78, 5) is 50.2. The number of hydrogen-bond acceptors (Lipinski definition) is 8. The van der Waals surface area contributed by atoms with Crippen LogP contribution in [0, 0.1) is 0 Å². The number of aromatic amines is 1. The van der Waals surface area contributed by atoms with Crippen LogP contribution >= 0.6 is 0 Å². The van der Waals surface area contributed by atoms with Crippen LogP contribution in [0.2, 0.25) is 0 Å². The second kappa shape index (κ2) is 12.3. The van der Waals surface area contributed by atoms with Gasteiger partial charge in [0.1, 0.15) is 28.6 Å². The third-order valence-corrected chi connectivity index (χ3v) is 8.33. The smallest absolute Gasteiger partial charge is 0.411 e. The molecule has 12 nitrogen and oxygen atoms in total. The summed E-state index contributed by atoms with van der Waals surface area (Å²) < 4.78 is 22.6. The van der Waals surface area contributed by atoms with Gasteiger partial charge < -0.3 is 29.2 Å². The molecule has 3 aromatic rings. The maximum atomic E-state index is 13.1. The Morgan fingerprint density at radius 2 is 1.49 bits per heavy atom. The van der Waals surface area contributed by atoms with E-state index in [4.69, 9.17) is 18.9 Å². The second-order valence-corrected chi connectivity index (χ2v) is 14.2. The normalized spacial score (nSPS) is 22.7. The average Bonchev–Trinajstić information content (AvgIpc) is 3.57. The number of H-pyrrole nitrogens is 1. The van der Waals surface area contributed by atoms with Crippen LogP contribution in [0.5, 0.6) is 0 Å². The molecule has 250 valence electrons. The van der Waals surface area contributed by atoms with E-state index in [0.717, 1.165) is 22.4 Å². The average molecular weight is 646 g/mol. The molecule has 1 aliphatic carbocycles. The highest BCUT2D eigenvalue weighted by atomic mass is 16.6. The molecule has 1 aromatic heterocycles. The van der Waals surface area contributed by atoms with Crippen molar-refractivity contribution in [3.8, 4) is 22.4 Å². The van der Waals surface area contributed by atoms with Crippen LogP contribution in [0.3, 0.4) is 0 Å². The summed E-state index contributed by atoms with van der Waals surface area (Å²) in [5, 5.41) is 2.90. The molecule has 0 bridgehead atoms. The van der Waals surface area contributed by atoms with Crippen LogP contribution in [0.15, 0.2) is 54.7 Å². The molecule has 3 aliphatic rings. The van der Waals surface area contributed by atoms with Gasteiger partial charge in [0.25, 0.3) is 0 Å². The summed E-state index contributed by atoms with van der Waals surface area (Å²) in [5.41, 5.74) is 2.47. The number of nitrogens with one attached hydrogen (secondary N) is 2. The van der Waals surface area contributed by atoms with Crippen LogP contribution in [0.25, 0.3) is 22.4 Å². The van der Waals surface area contributed by atoms with Crippen LogP contribution in [0.4, 0.5) is 15.3 Å². The van der Waals surface area contributed by atoms with Crippen molar-refractivity contribution in [2.75, 3.05) is 38.2 Å². The predicted molar refractivity (Wildman–Crippen MR) is 175 cm³/mol. The number of carbonyl (C=O) groups is 3. The fourth-order valence-corrected chi connectivity index (χ4v) is 6.00. The Balaban J connectivity index is 1.11. The fraction of sp³-hybridized carbons (Fsp3) is 0.486. The fourth-order valence-electron chi connectivity index (χ4n) is 6.00. The third-order valence-electron chi connectivity index (χ3n) is 8.33. The van der Waals surface area contributed by atoms with Crippen molar-refractivity contribution in [2.45, 2.75) is 76.9 Å². The molecule has 3 fully saturated rings. The number of imidazole rings is 1. The van der Waals surface area contributed by atoms with Crippen molar-refractivity contribution in [3.63, 3.8) is 0 Å². The number of morpholine rings is 2. The van der Waals surface area contributed by atoms with E-state index < -0.39 is 28.9 Å². The lowest BCUT2D eigenvalue weighted by Crippen LogP contribution is -2.55. The molecular weight excluding hydrogens is 602 g/mol. The number of aromatic nitrogens is 2. The van der Waals surface area contributed by atoms with Crippen LogP contribution in [0.1, 0.15) is 53.8 Å². The van der Waals surface area contributed by atoms with Crippen LogP contribution < -0.4 is 5.32 Å². The summed E-state index contributed by atoms with van der Waals surface area (Å²) in [6.45, 7) is 12.6. The number of carbonyl (C=O) groups excluding carboxylic acids is 3. The van der Waals surface area contributed by atoms with E-state index in [1.807, 2.05) is 69.3 Å². The van der Waals surface area contributed by atoms with Gasteiger partial charge in [0.2, 0.25) is 5.91 Å². The minimum absolute atomic E-state index is 0.102. The number of nitrogens with zero attached hydrogens (tertiary/aromatic N) is 3. The first-order valence-electron chi connectivity index (χ1n) is 16.0. The third kappa shape index (κ3) is 6.98. The van der Waals surface area contributed by atoms with Gasteiger partial charge in [-0.1, -0.05) is 36.4 Å². The molecule has 2 aliphatic heterocycles. The number of anilines is 1. The van der Waals surface area contributed by atoms with Crippen molar-refractivity contribution >= 4 is 23.8 Å². The lowest BCUT2D eigenvalue weighted by Gasteiger charge is -2.36. The summed E-state index contributed by atoms with van der Waals surface area (Å²) in [6, 6.07) is 14.8. The molecule has 3 atom stereocenters. The van der Waals surface area contributed by atoms with Crippen LogP contribution in [-0.4, -0.2) is 94.1 Å². The van der Waals surface area contributed by atoms with Gasteiger partial charge in [-0.2, -0.15) is 0 Å². The van der Waals surface area contributed by atoms with Gasteiger partial charge in [0.05, 0.1) is 37.8 Å². The van der Waals surface area contributed by atoms with Gasteiger partial charge >= 0.3 is 12.2 Å². The SMILES string of the molecule is CC(C)(C)OC(=O)N1CCOC[C@H]1C(=O)Nc1ccc(-c2ccc(-c3cnc(C45CC4OCCN5C(=O)OC(C)(C)C)[nH]3)cc2)cc1. The van der Waals surface area contributed by atoms with Gasteiger partial charge in [-0.15, -0.1) is 0 Å². The summed E-state index contributed by atoms with van der Waals surface area (Å²) in [7, 11) is 0. The lowest BCUT2D eigenvalue weighted by molar-refractivity contribution is -0.127. The summed E-state index contributed by atoms with van der Waals surface area (Å²) in [5.74, 6) is 0.358. The number of benzene rings is 2. The van der Waals surface area contributed by atoms with Crippen molar-refractivity contribution in [1.29, 1.82) is 0 Å². The standard InChI is InChI=1S/C35H43N5O7/c1-33(2,3)46-31(42)39-15-17-44-21-27(39)29(41)37-25-13-11-23(12-14-25)22-7-9-24(10-8-22)26-20-36-30(38-26)35-19-28(35)45-18-16-40(35)32(43)47-34(4,5)6/h7-14,20,27-28H,15-19,21H2,1-6H3,(H,36,38)(H,37,41)/t27-,28?,35?/m0/s1. The predicted octanol–water partition coefficient (Wildman–Crippen LogP) is 5.55. The molecule has 0 spiro atoms. The van der Waals surface area contributed by atoms with E-state index in [1.54, 1.807) is 31.9 Å². The Hall–Kier alpha value is -4.42. The second-order valence-electron chi connectivity index (χ2n) is 14.2. The van der Waals surface area contributed by atoms with Gasteiger partial charge in [-0.3, -0.25) is 14.6 Å². The quantitative estimate of drug-likeness (QED) is 0.369.